The third-order valence-electron chi connectivity index (χ3n) is 4.95. The van der Waals surface area contributed by atoms with Crippen LogP contribution in [0.15, 0.2) is 42.7 Å². The van der Waals surface area contributed by atoms with Gasteiger partial charge in [0.05, 0.1) is 0 Å². The number of hydrogen-bond donors (Lipinski definition) is 0. The molecule has 0 aliphatic carbocycles. The summed E-state index contributed by atoms with van der Waals surface area (Å²) in [6.07, 6.45) is 5.42. The third-order valence-corrected chi connectivity index (χ3v) is 4.95. The number of ether oxygens (including phenoxy) is 2. The highest BCUT2D eigenvalue weighted by Gasteiger charge is 2.24. The van der Waals surface area contributed by atoms with Gasteiger partial charge < -0.3 is 14.4 Å². The predicted octanol–water partition coefficient (Wildman–Crippen LogP) is 2.92. The van der Waals surface area contributed by atoms with Gasteiger partial charge in [-0.25, -0.2) is 0 Å². The number of carbonyl (C=O) groups excluding carboxylic acids is 1. The number of carbonyl (C=O) groups is 1. The van der Waals surface area contributed by atoms with Gasteiger partial charge in [0.15, 0.2) is 17.3 Å². The largest absolute Gasteiger partial charge is 0.486 e. The van der Waals surface area contributed by atoms with Crippen LogP contribution in [0, 0.1) is 0 Å². The molecule has 1 saturated heterocycles. The zero-order valence-electron chi connectivity index (χ0n) is 14.2. The van der Waals surface area contributed by atoms with E-state index in [0.717, 1.165) is 31.8 Å². The molecule has 0 radical (unpaired) electrons. The Morgan fingerprint density at radius 3 is 2.92 bits per heavy atom. The van der Waals surface area contributed by atoms with Crippen molar-refractivity contribution in [2.45, 2.75) is 18.8 Å². The van der Waals surface area contributed by atoms with Crippen molar-refractivity contribution in [1.29, 1.82) is 0 Å². The minimum atomic E-state index is 0.154. The van der Waals surface area contributed by atoms with Crippen molar-refractivity contribution in [3.63, 3.8) is 0 Å². The number of pyridine rings is 1. The summed E-state index contributed by atoms with van der Waals surface area (Å²) in [4.78, 5) is 19.1. The average molecular weight is 338 g/mol. The van der Waals surface area contributed by atoms with Crippen LogP contribution < -0.4 is 9.47 Å². The number of likely N-dealkylation sites (tertiary alicyclic amines) is 1. The van der Waals surface area contributed by atoms with Crippen LogP contribution in [0.4, 0.5) is 0 Å². The third kappa shape index (κ3) is 3.66. The molecule has 0 N–H and O–H groups in total. The SMILES string of the molecule is O=C(CCN1CCC(c2cccnc2)C1)c1ccc2c(c1)OCCO2. The van der Waals surface area contributed by atoms with E-state index in [2.05, 4.69) is 16.0 Å². The average Bonchev–Trinajstić information content (AvgIpc) is 3.15. The molecule has 1 aromatic heterocycles. The molecule has 2 aromatic rings. The summed E-state index contributed by atoms with van der Waals surface area (Å²) in [7, 11) is 0. The second kappa shape index (κ2) is 7.23. The molecule has 1 aromatic carbocycles. The Morgan fingerprint density at radius 2 is 2.08 bits per heavy atom. The minimum Gasteiger partial charge on any atom is -0.486 e. The van der Waals surface area contributed by atoms with Gasteiger partial charge in [-0.15, -0.1) is 0 Å². The van der Waals surface area contributed by atoms with E-state index in [4.69, 9.17) is 9.47 Å². The molecule has 0 saturated carbocycles. The molecular weight excluding hydrogens is 316 g/mol. The van der Waals surface area contributed by atoms with Crippen molar-refractivity contribution >= 4 is 5.78 Å². The van der Waals surface area contributed by atoms with Crippen LogP contribution in [0.5, 0.6) is 11.5 Å². The highest BCUT2D eigenvalue weighted by Crippen LogP contribution is 2.31. The zero-order chi connectivity index (χ0) is 17.1. The minimum absolute atomic E-state index is 0.154. The number of benzene rings is 1. The van der Waals surface area contributed by atoms with E-state index in [1.165, 1.54) is 5.56 Å². The molecule has 0 bridgehead atoms. The van der Waals surface area contributed by atoms with Gasteiger partial charge in [0, 0.05) is 37.5 Å². The first-order chi connectivity index (χ1) is 12.3. The summed E-state index contributed by atoms with van der Waals surface area (Å²) < 4.78 is 11.1. The Bertz CT molecular complexity index is 748. The molecule has 1 atom stereocenters. The van der Waals surface area contributed by atoms with Crippen LogP contribution in [-0.4, -0.2) is 48.5 Å². The first-order valence-electron chi connectivity index (χ1n) is 8.85. The molecule has 4 rings (SSSR count). The summed E-state index contributed by atoms with van der Waals surface area (Å²) in [5.74, 6) is 2.08. The molecule has 5 nitrogen and oxygen atoms in total. The van der Waals surface area contributed by atoms with E-state index in [-0.39, 0.29) is 5.78 Å². The second-order valence-electron chi connectivity index (χ2n) is 6.60. The van der Waals surface area contributed by atoms with Gasteiger partial charge in [-0.2, -0.15) is 0 Å². The number of nitrogens with zero attached hydrogens (tertiary/aromatic N) is 2. The Balaban J connectivity index is 1.32. The van der Waals surface area contributed by atoms with Gasteiger partial charge in [0.2, 0.25) is 0 Å². The Kier molecular flexibility index (Phi) is 4.65. The number of rotatable bonds is 5. The van der Waals surface area contributed by atoms with E-state index in [9.17, 15) is 4.79 Å². The summed E-state index contributed by atoms with van der Waals surface area (Å²) >= 11 is 0. The number of hydrogen-bond acceptors (Lipinski definition) is 5. The van der Waals surface area contributed by atoms with Crippen LogP contribution >= 0.6 is 0 Å². The highest BCUT2D eigenvalue weighted by molar-refractivity contribution is 5.96. The van der Waals surface area contributed by atoms with Crippen molar-refractivity contribution in [3.05, 3.63) is 53.9 Å². The molecule has 3 heterocycles. The van der Waals surface area contributed by atoms with Crippen LogP contribution in [0.3, 0.4) is 0 Å². The van der Waals surface area contributed by atoms with Crippen molar-refractivity contribution in [2.24, 2.45) is 0 Å². The normalized spacial score (nSPS) is 19.8. The summed E-state index contributed by atoms with van der Waals surface area (Å²) in [6, 6.07) is 9.60. The molecule has 0 amide bonds. The fourth-order valence-corrected chi connectivity index (χ4v) is 3.55. The summed E-state index contributed by atoms with van der Waals surface area (Å²) in [5, 5.41) is 0. The monoisotopic (exact) mass is 338 g/mol. The molecule has 2 aliphatic heterocycles. The van der Waals surface area contributed by atoms with E-state index in [1.807, 2.05) is 30.6 Å². The van der Waals surface area contributed by atoms with Crippen LogP contribution in [-0.2, 0) is 0 Å². The molecule has 25 heavy (non-hydrogen) atoms. The zero-order valence-corrected chi connectivity index (χ0v) is 14.2. The number of aromatic nitrogens is 1. The van der Waals surface area contributed by atoms with Gasteiger partial charge in [-0.1, -0.05) is 6.07 Å². The van der Waals surface area contributed by atoms with Crippen molar-refractivity contribution < 1.29 is 14.3 Å². The Labute approximate surface area is 147 Å². The maximum Gasteiger partial charge on any atom is 0.164 e. The first kappa shape index (κ1) is 16.1. The molecule has 2 aliphatic rings. The second-order valence-corrected chi connectivity index (χ2v) is 6.60. The van der Waals surface area contributed by atoms with Gasteiger partial charge in [-0.05, 0) is 48.7 Å². The van der Waals surface area contributed by atoms with Gasteiger partial charge >= 0.3 is 0 Å². The van der Waals surface area contributed by atoms with E-state index < -0.39 is 0 Å². The van der Waals surface area contributed by atoms with Crippen LogP contribution in [0.25, 0.3) is 0 Å². The summed E-state index contributed by atoms with van der Waals surface area (Å²) in [6.45, 7) is 3.93. The van der Waals surface area contributed by atoms with Gasteiger partial charge in [-0.3, -0.25) is 9.78 Å². The number of ketones is 1. The molecule has 0 spiro atoms. The highest BCUT2D eigenvalue weighted by atomic mass is 16.6. The number of Topliss-reactive ketones (excluding diaryl/α,β-unsaturated/α-hetero) is 1. The number of fused-ring (bicyclic) bond motifs is 1. The molecule has 1 unspecified atom stereocenters. The topological polar surface area (TPSA) is 51.7 Å². The fourth-order valence-electron chi connectivity index (χ4n) is 3.55. The molecule has 5 heteroatoms. The predicted molar refractivity (Wildman–Crippen MR) is 94.4 cm³/mol. The summed E-state index contributed by atoms with van der Waals surface area (Å²) in [5.41, 5.74) is 2.00. The van der Waals surface area contributed by atoms with E-state index >= 15 is 0 Å². The fraction of sp³-hybridized carbons (Fsp3) is 0.400. The van der Waals surface area contributed by atoms with Crippen molar-refractivity contribution in [1.82, 2.24) is 9.88 Å². The first-order valence-corrected chi connectivity index (χ1v) is 8.85. The lowest BCUT2D eigenvalue weighted by molar-refractivity contribution is 0.0967. The maximum atomic E-state index is 12.5. The molecular formula is C20H22N2O3. The van der Waals surface area contributed by atoms with Crippen LogP contribution in [0.1, 0.15) is 34.7 Å². The Hall–Kier alpha value is -2.40. The van der Waals surface area contributed by atoms with Crippen LogP contribution in [0.2, 0.25) is 0 Å². The lowest BCUT2D eigenvalue weighted by Crippen LogP contribution is -2.24. The van der Waals surface area contributed by atoms with Gasteiger partial charge in [0.1, 0.15) is 13.2 Å². The van der Waals surface area contributed by atoms with Crippen molar-refractivity contribution in [3.8, 4) is 11.5 Å². The van der Waals surface area contributed by atoms with Gasteiger partial charge in [0.25, 0.3) is 0 Å². The quantitative estimate of drug-likeness (QED) is 0.785. The van der Waals surface area contributed by atoms with E-state index in [0.29, 0.717) is 36.9 Å². The van der Waals surface area contributed by atoms with Crippen molar-refractivity contribution in [2.75, 3.05) is 32.8 Å². The van der Waals surface area contributed by atoms with E-state index in [1.54, 1.807) is 6.07 Å². The smallest absolute Gasteiger partial charge is 0.164 e. The molecule has 130 valence electrons. The lowest BCUT2D eigenvalue weighted by atomic mass is 10.0. The standard InChI is InChI=1S/C20H22N2O3/c23-18(15-3-4-19-20(12-15)25-11-10-24-19)6-9-22-8-5-17(14-22)16-2-1-7-21-13-16/h1-4,7,12-13,17H,5-6,8-11,14H2. The lowest BCUT2D eigenvalue weighted by Gasteiger charge is -2.19. The maximum absolute atomic E-state index is 12.5. The Morgan fingerprint density at radius 1 is 1.20 bits per heavy atom. The molecule has 1 fully saturated rings.